The molecule has 0 bridgehead atoms. The van der Waals surface area contributed by atoms with E-state index in [1.807, 2.05) is 39.8 Å². The average Bonchev–Trinajstić information content (AvgIpc) is 2.91. The van der Waals surface area contributed by atoms with Gasteiger partial charge in [0.2, 0.25) is 0 Å². The molecule has 3 N–H and O–H groups in total. The van der Waals surface area contributed by atoms with Crippen LogP contribution in [0.25, 0.3) is 0 Å². The lowest BCUT2D eigenvalue weighted by Crippen LogP contribution is -2.50. The maximum absolute atomic E-state index is 13.5. The number of hydrogen-bond donors (Lipinski definition) is 3. The third-order valence-electron chi connectivity index (χ3n) is 7.25. The molecule has 8 nitrogen and oxygen atoms in total. The molecule has 0 aliphatic carbocycles. The second kappa shape index (κ2) is 12.9. The van der Waals surface area contributed by atoms with Crippen LogP contribution in [0.4, 0.5) is 11.4 Å². The first kappa shape index (κ1) is 30.4. The van der Waals surface area contributed by atoms with Gasteiger partial charge in [-0.25, -0.2) is 0 Å². The van der Waals surface area contributed by atoms with Crippen LogP contribution in [-0.4, -0.2) is 48.2 Å². The molecule has 1 heterocycles. The van der Waals surface area contributed by atoms with Crippen molar-refractivity contribution in [2.75, 3.05) is 23.4 Å². The number of ether oxygens (including phenoxy) is 1. The summed E-state index contributed by atoms with van der Waals surface area (Å²) in [5.41, 5.74) is 4.56. The summed E-state index contributed by atoms with van der Waals surface area (Å²) in [6.45, 7) is 9.06. The third kappa shape index (κ3) is 7.19. The Morgan fingerprint density at radius 3 is 2.20 bits per heavy atom. The van der Waals surface area contributed by atoms with Crippen LogP contribution in [0, 0.1) is 13.8 Å². The van der Waals surface area contributed by atoms with Crippen molar-refractivity contribution in [2.45, 2.75) is 52.2 Å². The van der Waals surface area contributed by atoms with Crippen molar-refractivity contribution < 1.29 is 24.2 Å². The number of aryl methyl sites for hydroxylation is 2. The van der Waals surface area contributed by atoms with E-state index in [1.54, 1.807) is 36.4 Å². The molecule has 3 aromatic carbocycles. The number of amides is 2. The van der Waals surface area contributed by atoms with E-state index in [0.29, 0.717) is 35.1 Å². The summed E-state index contributed by atoms with van der Waals surface area (Å²) in [5.74, 6) is -1.90. The van der Waals surface area contributed by atoms with Gasteiger partial charge >= 0.3 is 5.97 Å². The van der Waals surface area contributed by atoms with Crippen LogP contribution >= 0.6 is 23.2 Å². The van der Waals surface area contributed by atoms with Gasteiger partial charge in [-0.2, -0.15) is 0 Å². The van der Waals surface area contributed by atoms with Crippen LogP contribution < -0.4 is 15.5 Å². The molecule has 41 heavy (non-hydrogen) atoms. The van der Waals surface area contributed by atoms with Crippen LogP contribution in [0.15, 0.2) is 54.6 Å². The lowest BCUT2D eigenvalue weighted by molar-refractivity contribution is -0.137. The first-order valence-corrected chi connectivity index (χ1v) is 14.1. The molecule has 3 atom stereocenters. The maximum Gasteiger partial charge on any atom is 0.305 e. The number of carboxylic acids is 1. The van der Waals surface area contributed by atoms with Crippen LogP contribution in [-0.2, 0) is 9.53 Å². The van der Waals surface area contributed by atoms with Crippen molar-refractivity contribution in [3.63, 3.8) is 0 Å². The Kier molecular flexibility index (Phi) is 9.58. The number of anilines is 2. The van der Waals surface area contributed by atoms with Gasteiger partial charge in [-0.3, -0.25) is 14.4 Å². The van der Waals surface area contributed by atoms with Crippen molar-refractivity contribution in [3.05, 3.63) is 92.5 Å². The van der Waals surface area contributed by atoms with Crippen molar-refractivity contribution in [1.29, 1.82) is 0 Å². The number of halogens is 2. The summed E-state index contributed by atoms with van der Waals surface area (Å²) in [6.07, 6.45) is -0.360. The lowest BCUT2D eigenvalue weighted by atomic mass is 10.0. The second-order valence-corrected chi connectivity index (χ2v) is 11.2. The SMILES string of the molecule is Cc1ccc(C(=O)Nc2cc(C(=O)NC(CC(=O)O)c3ccc(Cl)c(Cl)c3)ccc2N2C(C)COCC2C)cc1C. The molecule has 1 fully saturated rings. The number of nitrogens with one attached hydrogen (secondary N) is 2. The molecule has 1 aliphatic rings. The van der Waals surface area contributed by atoms with Crippen LogP contribution in [0.3, 0.4) is 0 Å². The van der Waals surface area contributed by atoms with Gasteiger partial charge in [0.05, 0.1) is 47.1 Å². The lowest BCUT2D eigenvalue weighted by Gasteiger charge is -2.41. The fourth-order valence-corrected chi connectivity index (χ4v) is 5.26. The number of nitrogens with zero attached hydrogens (tertiary/aromatic N) is 1. The van der Waals surface area contributed by atoms with E-state index >= 15 is 0 Å². The molecule has 0 radical (unpaired) electrons. The molecule has 10 heteroatoms. The number of carbonyl (C=O) groups is 3. The number of aliphatic carboxylic acids is 1. The molecule has 216 valence electrons. The molecular formula is C31H33Cl2N3O5. The Morgan fingerprint density at radius 1 is 0.902 bits per heavy atom. The van der Waals surface area contributed by atoms with E-state index in [0.717, 1.165) is 16.8 Å². The van der Waals surface area contributed by atoms with Gasteiger partial charge in [-0.15, -0.1) is 0 Å². The van der Waals surface area contributed by atoms with Crippen molar-refractivity contribution in [3.8, 4) is 0 Å². The largest absolute Gasteiger partial charge is 0.481 e. The second-order valence-electron chi connectivity index (χ2n) is 10.4. The molecule has 4 rings (SSSR count). The smallest absolute Gasteiger partial charge is 0.305 e. The highest BCUT2D eigenvalue weighted by Crippen LogP contribution is 2.33. The molecule has 2 amide bonds. The Hall–Kier alpha value is -3.59. The average molecular weight is 599 g/mol. The standard InChI is InChI=1S/C31H33Cl2N3O5/c1-17-5-6-22(11-18(17)2)30(39)35-27-13-23(8-10-28(27)36-19(3)15-41-16-20(36)4)31(40)34-26(14-29(37)38)21-7-9-24(32)25(33)12-21/h5-13,19-20,26H,14-16H2,1-4H3,(H,34,40)(H,35,39)(H,37,38). The highest BCUT2D eigenvalue weighted by molar-refractivity contribution is 6.42. The normalized spacial score (nSPS) is 17.6. The number of carboxylic acid groups (broad SMARTS) is 1. The molecule has 0 spiro atoms. The summed E-state index contributed by atoms with van der Waals surface area (Å²) in [5, 5.41) is 15.9. The molecule has 0 saturated carbocycles. The summed E-state index contributed by atoms with van der Waals surface area (Å²) >= 11 is 12.2. The molecule has 0 aromatic heterocycles. The third-order valence-corrected chi connectivity index (χ3v) is 7.99. The highest BCUT2D eigenvalue weighted by atomic mass is 35.5. The fraction of sp³-hybridized carbons (Fsp3) is 0.323. The zero-order valence-electron chi connectivity index (χ0n) is 23.3. The number of carbonyl (C=O) groups excluding carboxylic acids is 2. The summed E-state index contributed by atoms with van der Waals surface area (Å²) in [6, 6.07) is 14.5. The molecule has 1 saturated heterocycles. The number of benzene rings is 3. The van der Waals surface area contributed by atoms with E-state index < -0.39 is 17.9 Å². The minimum Gasteiger partial charge on any atom is -0.481 e. The topological polar surface area (TPSA) is 108 Å². The molecule has 3 aromatic rings. The van der Waals surface area contributed by atoms with Gasteiger partial charge in [0.1, 0.15) is 0 Å². The predicted molar refractivity (Wildman–Crippen MR) is 161 cm³/mol. The Labute approximate surface area is 249 Å². The van der Waals surface area contributed by atoms with Gasteiger partial charge in [0.15, 0.2) is 0 Å². The quantitative estimate of drug-likeness (QED) is 0.276. The molecular weight excluding hydrogens is 565 g/mol. The van der Waals surface area contributed by atoms with Crippen molar-refractivity contribution in [2.24, 2.45) is 0 Å². The summed E-state index contributed by atoms with van der Waals surface area (Å²) in [7, 11) is 0. The Balaban J connectivity index is 1.69. The van der Waals surface area contributed by atoms with Crippen LogP contribution in [0.1, 0.15) is 63.7 Å². The Bertz CT molecular complexity index is 1470. The summed E-state index contributed by atoms with van der Waals surface area (Å²) in [4.78, 5) is 40.6. The minimum absolute atomic E-state index is 0.0327. The van der Waals surface area contributed by atoms with Gasteiger partial charge < -0.3 is 25.4 Å². The van der Waals surface area contributed by atoms with Gasteiger partial charge in [-0.1, -0.05) is 35.3 Å². The van der Waals surface area contributed by atoms with E-state index in [2.05, 4.69) is 15.5 Å². The highest BCUT2D eigenvalue weighted by Gasteiger charge is 2.29. The number of hydrogen-bond acceptors (Lipinski definition) is 5. The van der Waals surface area contributed by atoms with E-state index in [9.17, 15) is 19.5 Å². The van der Waals surface area contributed by atoms with Gasteiger partial charge in [0.25, 0.3) is 11.8 Å². The summed E-state index contributed by atoms with van der Waals surface area (Å²) < 4.78 is 5.70. The Morgan fingerprint density at radius 2 is 1.56 bits per heavy atom. The van der Waals surface area contributed by atoms with Gasteiger partial charge in [-0.05, 0) is 86.8 Å². The zero-order valence-corrected chi connectivity index (χ0v) is 24.8. The monoisotopic (exact) mass is 597 g/mol. The fourth-order valence-electron chi connectivity index (χ4n) is 4.96. The molecule has 1 aliphatic heterocycles. The number of morpholine rings is 1. The minimum atomic E-state index is -1.09. The number of rotatable bonds is 8. The van der Waals surface area contributed by atoms with Crippen LogP contribution in [0.2, 0.25) is 10.0 Å². The van der Waals surface area contributed by atoms with E-state index in [-0.39, 0.29) is 35.0 Å². The van der Waals surface area contributed by atoms with E-state index in [4.69, 9.17) is 27.9 Å². The van der Waals surface area contributed by atoms with E-state index in [1.165, 1.54) is 6.07 Å². The van der Waals surface area contributed by atoms with Crippen molar-refractivity contribution in [1.82, 2.24) is 5.32 Å². The van der Waals surface area contributed by atoms with Crippen LogP contribution in [0.5, 0.6) is 0 Å². The predicted octanol–water partition coefficient (Wildman–Crippen LogP) is 6.42. The first-order valence-electron chi connectivity index (χ1n) is 13.3. The van der Waals surface area contributed by atoms with Gasteiger partial charge in [0, 0.05) is 23.2 Å². The molecule has 3 unspecified atom stereocenters. The zero-order chi connectivity index (χ0) is 29.8. The van der Waals surface area contributed by atoms with Crippen molar-refractivity contribution >= 4 is 52.4 Å². The first-order chi connectivity index (χ1) is 19.4. The maximum atomic E-state index is 13.5.